The highest BCUT2D eigenvalue weighted by Gasteiger charge is 2.75. The maximum atomic E-state index is 11.3. The minimum absolute atomic E-state index is 0.0135. The van der Waals surface area contributed by atoms with Crippen molar-refractivity contribution in [2.24, 2.45) is 5.41 Å². The molecule has 2 aromatic rings. The number of carbonyl (C=O) groups is 1. The van der Waals surface area contributed by atoms with Gasteiger partial charge in [0.15, 0.2) is 5.82 Å². The van der Waals surface area contributed by atoms with Crippen molar-refractivity contribution in [3.8, 4) is 0 Å². The zero-order chi connectivity index (χ0) is 18.3. The lowest BCUT2D eigenvalue weighted by atomic mass is 9.35. The summed E-state index contributed by atoms with van der Waals surface area (Å²) in [4.78, 5) is 16.0. The Morgan fingerprint density at radius 2 is 1.96 bits per heavy atom. The maximum absolute atomic E-state index is 11.3. The molecule has 27 heavy (non-hydrogen) atoms. The lowest BCUT2D eigenvalue weighted by Crippen LogP contribution is -2.68. The lowest BCUT2D eigenvalue weighted by Gasteiger charge is -2.65. The molecule has 5 fully saturated rings. The van der Waals surface area contributed by atoms with Crippen molar-refractivity contribution in [1.29, 1.82) is 0 Å². The van der Waals surface area contributed by atoms with Gasteiger partial charge in [0.25, 0.3) is 0 Å². The van der Waals surface area contributed by atoms with Crippen molar-refractivity contribution in [3.63, 3.8) is 0 Å². The summed E-state index contributed by atoms with van der Waals surface area (Å²) in [6, 6.07) is 11.2. The number of aromatic nitrogens is 2. The second kappa shape index (κ2) is 4.98. The summed E-state index contributed by atoms with van der Waals surface area (Å²) in [6.45, 7) is 0.895. The van der Waals surface area contributed by atoms with Gasteiger partial charge in [-0.3, -0.25) is 4.79 Å². The quantitative estimate of drug-likeness (QED) is 0.784. The van der Waals surface area contributed by atoms with E-state index in [0.29, 0.717) is 37.1 Å². The molecule has 1 heterocycles. The number of benzene rings is 1. The smallest absolute Gasteiger partial charge is 0.309 e. The number of hydrogen-bond donors (Lipinski definition) is 2. The van der Waals surface area contributed by atoms with Gasteiger partial charge in [0.05, 0.1) is 10.8 Å². The van der Waals surface area contributed by atoms with Crippen molar-refractivity contribution in [2.45, 2.75) is 61.3 Å². The van der Waals surface area contributed by atoms with Crippen LogP contribution in [0.4, 0.5) is 0 Å². The summed E-state index contributed by atoms with van der Waals surface area (Å²) in [5, 5.41) is 17.3. The maximum Gasteiger partial charge on any atom is 0.309 e. The van der Waals surface area contributed by atoms with E-state index in [-0.39, 0.29) is 10.8 Å². The Bertz CT molecular complexity index is 898. The second-order valence-electron chi connectivity index (χ2n) is 9.34. The molecule has 2 atom stereocenters. The van der Waals surface area contributed by atoms with Crippen LogP contribution in [0.1, 0.15) is 61.7 Å². The van der Waals surface area contributed by atoms with Gasteiger partial charge in [-0.1, -0.05) is 35.5 Å². The van der Waals surface area contributed by atoms with Gasteiger partial charge in [0, 0.05) is 23.9 Å². The summed E-state index contributed by atoms with van der Waals surface area (Å²) in [5.41, 5.74) is 0.769. The van der Waals surface area contributed by atoms with Crippen LogP contribution >= 0.6 is 0 Å². The Morgan fingerprint density at radius 1 is 1.22 bits per heavy atom. The lowest BCUT2D eigenvalue weighted by molar-refractivity contribution is -0.199. The molecule has 0 aliphatic heterocycles. The third-order valence-corrected chi connectivity index (χ3v) is 7.41. The van der Waals surface area contributed by atoms with E-state index >= 15 is 0 Å². The number of carboxylic acids is 1. The minimum atomic E-state index is -0.676. The molecule has 0 unspecified atom stereocenters. The molecule has 0 saturated heterocycles. The first-order valence-electron chi connectivity index (χ1n) is 9.91. The van der Waals surface area contributed by atoms with Crippen LogP contribution in [0.3, 0.4) is 0 Å². The van der Waals surface area contributed by atoms with Crippen LogP contribution in [0.2, 0.25) is 0 Å². The Kier molecular flexibility index (Phi) is 2.92. The standard InChI is InChI=1S/C21H23N3O3/c25-18(26)21-9-20(10-21,11-21)17-23-16(24-27-17)19(6-7-19)12-22-15-8-14(15)13-4-2-1-3-5-13/h1-5,14-15,22H,6-12H2,(H,25,26)/t14-,15+,20?,21?/m1/s1. The molecule has 1 aromatic carbocycles. The average Bonchev–Trinajstić information content (AvgIpc) is 3.49. The van der Waals surface area contributed by atoms with E-state index in [2.05, 4.69) is 40.8 Å². The second-order valence-corrected chi connectivity index (χ2v) is 9.34. The fourth-order valence-electron chi connectivity index (χ4n) is 5.34. The van der Waals surface area contributed by atoms with E-state index in [1.165, 1.54) is 12.0 Å². The normalized spacial score (nSPS) is 37.2. The Hall–Kier alpha value is -2.21. The highest BCUT2D eigenvalue weighted by molar-refractivity contribution is 5.80. The van der Waals surface area contributed by atoms with Crippen molar-refractivity contribution >= 4 is 5.97 Å². The number of aliphatic carboxylic acids is 1. The minimum Gasteiger partial charge on any atom is -0.481 e. The monoisotopic (exact) mass is 365 g/mol. The third kappa shape index (κ3) is 2.19. The summed E-state index contributed by atoms with van der Waals surface area (Å²) in [6.07, 6.45) is 5.34. The van der Waals surface area contributed by atoms with Gasteiger partial charge in [0.2, 0.25) is 5.89 Å². The van der Waals surface area contributed by atoms with Gasteiger partial charge in [-0.05, 0) is 44.1 Å². The van der Waals surface area contributed by atoms with Crippen LogP contribution in [-0.2, 0) is 15.6 Å². The van der Waals surface area contributed by atoms with E-state index in [0.717, 1.165) is 25.2 Å². The predicted octanol–water partition coefficient (Wildman–Crippen LogP) is 2.75. The van der Waals surface area contributed by atoms with E-state index in [4.69, 9.17) is 9.51 Å². The average molecular weight is 365 g/mol. The molecule has 7 rings (SSSR count). The Labute approximate surface area is 157 Å². The molecule has 2 bridgehead atoms. The van der Waals surface area contributed by atoms with Gasteiger partial charge in [-0.2, -0.15) is 4.98 Å². The molecule has 6 nitrogen and oxygen atoms in total. The first kappa shape index (κ1) is 15.8. The van der Waals surface area contributed by atoms with Crippen molar-refractivity contribution in [3.05, 3.63) is 47.6 Å². The SMILES string of the molecule is O=C(O)C12CC(c3nc(C4(CN[C@H]5C[C@@H]5c5ccccc5)CC4)no3)(C1)C2. The molecule has 5 aliphatic rings. The highest BCUT2D eigenvalue weighted by atomic mass is 16.5. The van der Waals surface area contributed by atoms with Gasteiger partial charge >= 0.3 is 5.97 Å². The molecule has 2 N–H and O–H groups in total. The molecule has 140 valence electrons. The van der Waals surface area contributed by atoms with E-state index in [1.807, 2.05) is 0 Å². The van der Waals surface area contributed by atoms with Crippen LogP contribution < -0.4 is 5.32 Å². The molecule has 1 aromatic heterocycles. The molecule has 0 spiro atoms. The van der Waals surface area contributed by atoms with Crippen LogP contribution in [-0.4, -0.2) is 33.8 Å². The fourth-order valence-corrected chi connectivity index (χ4v) is 5.34. The Balaban J connectivity index is 1.10. The van der Waals surface area contributed by atoms with Crippen molar-refractivity contribution in [2.75, 3.05) is 6.54 Å². The molecule has 5 aliphatic carbocycles. The first-order valence-corrected chi connectivity index (χ1v) is 9.91. The zero-order valence-electron chi connectivity index (χ0n) is 15.1. The van der Waals surface area contributed by atoms with E-state index < -0.39 is 11.4 Å². The summed E-state index contributed by atoms with van der Waals surface area (Å²) >= 11 is 0. The van der Waals surface area contributed by atoms with Crippen LogP contribution in [0.15, 0.2) is 34.9 Å². The molecule has 5 saturated carbocycles. The predicted molar refractivity (Wildman–Crippen MR) is 96.4 cm³/mol. The van der Waals surface area contributed by atoms with Gasteiger partial charge < -0.3 is 14.9 Å². The van der Waals surface area contributed by atoms with Crippen molar-refractivity contribution < 1.29 is 14.4 Å². The molecule has 6 heteroatoms. The highest BCUT2D eigenvalue weighted by Crippen LogP contribution is 2.73. The number of rotatable bonds is 7. The van der Waals surface area contributed by atoms with Gasteiger partial charge in [-0.15, -0.1) is 0 Å². The Morgan fingerprint density at radius 3 is 2.63 bits per heavy atom. The third-order valence-electron chi connectivity index (χ3n) is 7.41. The van der Waals surface area contributed by atoms with Crippen LogP contribution in [0.25, 0.3) is 0 Å². The molecular weight excluding hydrogens is 342 g/mol. The van der Waals surface area contributed by atoms with E-state index in [9.17, 15) is 9.90 Å². The topological polar surface area (TPSA) is 88.2 Å². The van der Waals surface area contributed by atoms with Crippen molar-refractivity contribution in [1.82, 2.24) is 15.5 Å². The number of hydrogen-bond acceptors (Lipinski definition) is 5. The summed E-state index contributed by atoms with van der Waals surface area (Å²) in [7, 11) is 0. The summed E-state index contributed by atoms with van der Waals surface area (Å²) in [5.74, 6) is 1.43. The first-order chi connectivity index (χ1) is 13.0. The molecule has 0 amide bonds. The molecular formula is C21H23N3O3. The number of carboxylic acid groups (broad SMARTS) is 1. The number of nitrogens with zero attached hydrogens (tertiary/aromatic N) is 2. The van der Waals surface area contributed by atoms with Crippen LogP contribution in [0, 0.1) is 5.41 Å². The van der Waals surface area contributed by atoms with E-state index in [1.54, 1.807) is 0 Å². The van der Waals surface area contributed by atoms with Crippen LogP contribution in [0.5, 0.6) is 0 Å². The largest absolute Gasteiger partial charge is 0.481 e. The molecule has 0 radical (unpaired) electrons. The summed E-state index contributed by atoms with van der Waals surface area (Å²) < 4.78 is 5.59. The number of nitrogens with one attached hydrogen (secondary N) is 1. The zero-order valence-corrected chi connectivity index (χ0v) is 15.1. The fraction of sp³-hybridized carbons (Fsp3) is 0.571. The van der Waals surface area contributed by atoms with Gasteiger partial charge in [-0.25, -0.2) is 0 Å². The van der Waals surface area contributed by atoms with Gasteiger partial charge in [0.1, 0.15) is 0 Å².